The first-order valence-electron chi connectivity index (χ1n) is 12.3. The van der Waals surface area contributed by atoms with Gasteiger partial charge < -0.3 is 20.6 Å². The van der Waals surface area contributed by atoms with Crippen molar-refractivity contribution in [2.24, 2.45) is 5.92 Å². The number of rotatable bonds is 7. The van der Waals surface area contributed by atoms with Gasteiger partial charge in [-0.05, 0) is 56.0 Å². The van der Waals surface area contributed by atoms with E-state index in [0.717, 1.165) is 48.2 Å². The topological polar surface area (TPSA) is 102 Å². The highest BCUT2D eigenvalue weighted by molar-refractivity contribution is 6.02. The smallest absolute Gasteiger partial charge is 0.337 e. The summed E-state index contributed by atoms with van der Waals surface area (Å²) < 4.78 is 0. The van der Waals surface area contributed by atoms with Crippen molar-refractivity contribution in [2.75, 3.05) is 48.3 Å². The van der Waals surface area contributed by atoms with Crippen molar-refractivity contribution in [3.8, 4) is 0 Å². The van der Waals surface area contributed by atoms with Gasteiger partial charge >= 0.3 is 5.97 Å². The molecule has 1 aliphatic heterocycles. The largest absolute Gasteiger partial charge is 0.478 e. The van der Waals surface area contributed by atoms with E-state index in [2.05, 4.69) is 20.4 Å². The molecular formula is C27H34N4O4. The van der Waals surface area contributed by atoms with Crippen LogP contribution >= 0.6 is 0 Å². The average Bonchev–Trinajstić information content (AvgIpc) is 3.37. The van der Waals surface area contributed by atoms with Gasteiger partial charge in [-0.3, -0.25) is 14.5 Å². The molecule has 2 aliphatic rings. The maximum absolute atomic E-state index is 12.6. The number of para-hydroxylation sites is 1. The summed E-state index contributed by atoms with van der Waals surface area (Å²) in [6.07, 6.45) is 3.81. The van der Waals surface area contributed by atoms with E-state index in [0.29, 0.717) is 38.4 Å². The lowest BCUT2D eigenvalue weighted by molar-refractivity contribution is -0.119. The Morgan fingerprint density at radius 3 is 2.23 bits per heavy atom. The third-order valence-corrected chi connectivity index (χ3v) is 7.07. The second-order valence-electron chi connectivity index (χ2n) is 9.58. The van der Waals surface area contributed by atoms with Crippen molar-refractivity contribution in [2.45, 2.75) is 39.5 Å². The minimum Gasteiger partial charge on any atom is -0.478 e. The maximum atomic E-state index is 12.6. The molecule has 1 saturated carbocycles. The lowest BCUT2D eigenvalue weighted by Crippen LogP contribution is -2.48. The van der Waals surface area contributed by atoms with Crippen LogP contribution in [-0.4, -0.2) is 60.5 Å². The molecule has 4 rings (SSSR count). The summed E-state index contributed by atoms with van der Waals surface area (Å²) in [6.45, 7) is 7.04. The molecule has 0 spiro atoms. The number of carboxylic acids is 1. The summed E-state index contributed by atoms with van der Waals surface area (Å²) in [5, 5.41) is 15.6. The number of carboxylic acid groups (broad SMARTS) is 1. The van der Waals surface area contributed by atoms with E-state index < -0.39 is 5.97 Å². The quantitative estimate of drug-likeness (QED) is 0.558. The third kappa shape index (κ3) is 6.00. The van der Waals surface area contributed by atoms with Crippen LogP contribution in [0.4, 0.5) is 17.1 Å². The number of hydrogen-bond donors (Lipinski definition) is 3. The molecule has 2 amide bonds. The van der Waals surface area contributed by atoms with Crippen molar-refractivity contribution in [1.29, 1.82) is 0 Å². The highest BCUT2D eigenvalue weighted by Crippen LogP contribution is 2.29. The SMILES string of the molecule is Cc1cccc(C)c1NC(=O)CN1CCN(c2ccc(NC(=O)C3CCCC3)c(C(=O)O)c2)CC1. The summed E-state index contributed by atoms with van der Waals surface area (Å²) in [4.78, 5) is 41.2. The lowest BCUT2D eigenvalue weighted by Gasteiger charge is -2.36. The van der Waals surface area contributed by atoms with Crippen LogP contribution in [-0.2, 0) is 9.59 Å². The number of benzene rings is 2. The normalized spacial score (nSPS) is 16.8. The van der Waals surface area contributed by atoms with E-state index in [-0.39, 0.29) is 23.3 Å². The van der Waals surface area contributed by atoms with Crippen molar-refractivity contribution in [1.82, 2.24) is 4.90 Å². The zero-order chi connectivity index (χ0) is 24.9. The van der Waals surface area contributed by atoms with E-state index in [1.165, 1.54) is 0 Å². The van der Waals surface area contributed by atoms with Crippen molar-refractivity contribution >= 4 is 34.8 Å². The van der Waals surface area contributed by atoms with Crippen LogP contribution in [0.15, 0.2) is 36.4 Å². The van der Waals surface area contributed by atoms with E-state index >= 15 is 0 Å². The fraction of sp³-hybridized carbons (Fsp3) is 0.444. The fourth-order valence-corrected chi connectivity index (χ4v) is 5.00. The molecule has 0 aromatic heterocycles. The summed E-state index contributed by atoms with van der Waals surface area (Å²) in [7, 11) is 0. The van der Waals surface area contributed by atoms with Crippen molar-refractivity contribution < 1.29 is 19.5 Å². The third-order valence-electron chi connectivity index (χ3n) is 7.07. The number of nitrogens with one attached hydrogen (secondary N) is 2. The monoisotopic (exact) mass is 478 g/mol. The van der Waals surface area contributed by atoms with Gasteiger partial charge in [0.25, 0.3) is 0 Å². The number of carbonyl (C=O) groups is 3. The molecule has 186 valence electrons. The number of nitrogens with zero attached hydrogens (tertiary/aromatic N) is 2. The summed E-state index contributed by atoms with van der Waals surface area (Å²) in [6, 6.07) is 11.1. The Hall–Kier alpha value is -3.39. The number of carbonyl (C=O) groups excluding carboxylic acids is 2. The minimum atomic E-state index is -1.06. The molecule has 2 aromatic rings. The van der Waals surface area contributed by atoms with Crippen LogP contribution in [0.2, 0.25) is 0 Å². The molecule has 1 saturated heterocycles. The molecule has 2 aromatic carbocycles. The Morgan fingerprint density at radius 1 is 0.943 bits per heavy atom. The fourth-order valence-electron chi connectivity index (χ4n) is 5.00. The minimum absolute atomic E-state index is 0.0312. The van der Waals surface area contributed by atoms with Gasteiger partial charge in [-0.15, -0.1) is 0 Å². The Labute approximate surface area is 206 Å². The number of aryl methyl sites for hydroxylation is 2. The second-order valence-corrected chi connectivity index (χ2v) is 9.58. The first-order chi connectivity index (χ1) is 16.8. The Balaban J connectivity index is 1.34. The first kappa shape index (κ1) is 24.7. The highest BCUT2D eigenvalue weighted by atomic mass is 16.4. The van der Waals surface area contributed by atoms with Crippen LogP contribution in [0, 0.1) is 19.8 Å². The van der Waals surface area contributed by atoms with E-state index in [1.807, 2.05) is 38.1 Å². The van der Waals surface area contributed by atoms with E-state index in [1.54, 1.807) is 12.1 Å². The van der Waals surface area contributed by atoms with Crippen LogP contribution in [0.1, 0.15) is 47.2 Å². The van der Waals surface area contributed by atoms with E-state index in [4.69, 9.17) is 0 Å². The van der Waals surface area contributed by atoms with Gasteiger partial charge in [0.1, 0.15) is 0 Å². The molecule has 2 fully saturated rings. The zero-order valence-electron chi connectivity index (χ0n) is 20.5. The molecule has 35 heavy (non-hydrogen) atoms. The van der Waals surface area contributed by atoms with Crippen LogP contribution in [0.3, 0.4) is 0 Å². The van der Waals surface area contributed by atoms with Gasteiger partial charge in [0.15, 0.2) is 0 Å². The van der Waals surface area contributed by atoms with E-state index in [9.17, 15) is 19.5 Å². The Morgan fingerprint density at radius 2 is 1.60 bits per heavy atom. The van der Waals surface area contributed by atoms with Gasteiger partial charge in [0, 0.05) is 43.5 Å². The van der Waals surface area contributed by atoms with Gasteiger partial charge in [0.2, 0.25) is 11.8 Å². The van der Waals surface area contributed by atoms with Crippen LogP contribution < -0.4 is 15.5 Å². The molecule has 3 N–H and O–H groups in total. The number of hydrogen-bond acceptors (Lipinski definition) is 5. The molecule has 0 bridgehead atoms. The van der Waals surface area contributed by atoms with Gasteiger partial charge in [-0.25, -0.2) is 4.79 Å². The number of aromatic carboxylic acids is 1. The van der Waals surface area contributed by atoms with Crippen molar-refractivity contribution in [3.63, 3.8) is 0 Å². The van der Waals surface area contributed by atoms with Gasteiger partial charge in [-0.1, -0.05) is 31.0 Å². The molecule has 0 atom stereocenters. The summed E-state index contributed by atoms with van der Waals surface area (Å²) >= 11 is 0. The number of anilines is 3. The molecule has 0 unspecified atom stereocenters. The zero-order valence-corrected chi connectivity index (χ0v) is 20.5. The lowest BCUT2D eigenvalue weighted by atomic mass is 10.1. The second kappa shape index (κ2) is 10.9. The molecule has 8 nitrogen and oxygen atoms in total. The number of piperazine rings is 1. The van der Waals surface area contributed by atoms with Crippen LogP contribution in [0.5, 0.6) is 0 Å². The standard InChI is InChI=1S/C27H34N4O4/c1-18-6-5-7-19(2)25(18)29-24(32)17-30-12-14-31(15-13-30)21-10-11-23(22(16-21)27(34)35)28-26(33)20-8-3-4-9-20/h5-7,10-11,16,20H,3-4,8-9,12-15,17H2,1-2H3,(H,28,33)(H,29,32)(H,34,35). The first-order valence-corrected chi connectivity index (χ1v) is 12.3. The Bertz CT molecular complexity index is 1080. The molecule has 1 aliphatic carbocycles. The average molecular weight is 479 g/mol. The predicted octanol–water partition coefficient (Wildman–Crippen LogP) is 3.89. The highest BCUT2D eigenvalue weighted by Gasteiger charge is 2.25. The molecule has 8 heteroatoms. The summed E-state index contributed by atoms with van der Waals surface area (Å²) in [5.41, 5.74) is 4.21. The van der Waals surface area contributed by atoms with Gasteiger partial charge in [-0.2, -0.15) is 0 Å². The number of amides is 2. The molecule has 1 heterocycles. The van der Waals surface area contributed by atoms with Crippen LogP contribution in [0.25, 0.3) is 0 Å². The Kier molecular flexibility index (Phi) is 7.70. The van der Waals surface area contributed by atoms with Gasteiger partial charge in [0.05, 0.1) is 17.8 Å². The maximum Gasteiger partial charge on any atom is 0.337 e. The molecular weight excluding hydrogens is 444 g/mol. The molecule has 0 radical (unpaired) electrons. The predicted molar refractivity (Wildman–Crippen MR) is 137 cm³/mol. The summed E-state index contributed by atoms with van der Waals surface area (Å²) in [5.74, 6) is -1.22. The van der Waals surface area contributed by atoms with Crippen molar-refractivity contribution in [3.05, 3.63) is 53.1 Å².